The van der Waals surface area contributed by atoms with Gasteiger partial charge < -0.3 is 9.30 Å². The van der Waals surface area contributed by atoms with Gasteiger partial charge in [0.25, 0.3) is 5.56 Å². The molecule has 4 rings (SSSR count). The van der Waals surface area contributed by atoms with Crippen molar-refractivity contribution in [1.29, 1.82) is 5.41 Å². The number of rotatable bonds is 5. The zero-order valence-corrected chi connectivity index (χ0v) is 19.2. The highest BCUT2D eigenvalue weighted by Crippen LogP contribution is 2.23. The molecule has 0 spiro atoms. The number of pyridine rings is 2. The van der Waals surface area contributed by atoms with Gasteiger partial charge in [0.15, 0.2) is 0 Å². The Labute approximate surface area is 185 Å². The topological polar surface area (TPSA) is 107 Å². The lowest BCUT2D eigenvalue weighted by Crippen LogP contribution is -2.31. The highest BCUT2D eigenvalue weighted by molar-refractivity contribution is 7.91. The van der Waals surface area contributed by atoms with Gasteiger partial charge in [0.2, 0.25) is 9.84 Å². The van der Waals surface area contributed by atoms with Crippen LogP contribution in [0.2, 0.25) is 0 Å². The summed E-state index contributed by atoms with van der Waals surface area (Å²) in [4.78, 5) is 17.7. The molecule has 3 heterocycles. The molecule has 0 radical (unpaired) electrons. The normalized spacial score (nSPS) is 12.0. The van der Waals surface area contributed by atoms with Gasteiger partial charge in [-0.1, -0.05) is 12.1 Å². The van der Waals surface area contributed by atoms with Gasteiger partial charge in [0.05, 0.1) is 16.9 Å². The predicted molar refractivity (Wildman–Crippen MR) is 121 cm³/mol. The number of fused-ring (bicyclic) bond motifs is 2. The molecule has 0 aliphatic rings. The number of nitrogens with zero attached hydrogens (tertiary/aromatic N) is 3. The number of aromatic nitrogens is 3. The number of aryl methyl sites for hydroxylation is 3. The van der Waals surface area contributed by atoms with E-state index < -0.39 is 15.4 Å². The van der Waals surface area contributed by atoms with Crippen molar-refractivity contribution >= 4 is 26.5 Å². The summed E-state index contributed by atoms with van der Waals surface area (Å²) in [5.74, 6) is 0. The molecule has 0 aliphatic carbocycles. The van der Waals surface area contributed by atoms with Crippen molar-refractivity contribution in [3.05, 3.63) is 75.1 Å². The Kier molecular flexibility index (Phi) is 5.47. The number of benzene rings is 1. The van der Waals surface area contributed by atoms with Crippen LogP contribution in [0.5, 0.6) is 0 Å². The van der Waals surface area contributed by atoms with Crippen LogP contribution >= 0.6 is 0 Å². The van der Waals surface area contributed by atoms with E-state index in [-0.39, 0.29) is 39.5 Å². The second-order valence-electron chi connectivity index (χ2n) is 7.84. The maximum Gasteiger partial charge on any atom is 0.267 e. The number of hydrogen-bond acceptors (Lipinski definition) is 6. The number of hydrogen-bond donors (Lipinski definition) is 1. The monoisotopic (exact) mass is 452 g/mol. The lowest BCUT2D eigenvalue weighted by Gasteiger charge is -2.15. The average molecular weight is 453 g/mol. The Morgan fingerprint density at radius 2 is 1.81 bits per heavy atom. The zero-order chi connectivity index (χ0) is 23.2. The van der Waals surface area contributed by atoms with Gasteiger partial charge >= 0.3 is 0 Å². The first kappa shape index (κ1) is 21.9. The largest absolute Gasteiger partial charge is 0.383 e. The molecule has 9 heteroatoms. The van der Waals surface area contributed by atoms with E-state index in [1.54, 1.807) is 24.4 Å². The highest BCUT2D eigenvalue weighted by atomic mass is 32.2. The van der Waals surface area contributed by atoms with Crippen LogP contribution in [0.25, 0.3) is 16.7 Å². The number of methoxy groups -OCH3 is 1. The Bertz CT molecular complexity index is 1600. The fraction of sp³-hybridized carbons (Fsp3) is 0.261. The van der Waals surface area contributed by atoms with Crippen LogP contribution in [0.4, 0.5) is 0 Å². The predicted octanol–water partition coefficient (Wildman–Crippen LogP) is 2.53. The molecule has 0 aliphatic heterocycles. The quantitative estimate of drug-likeness (QED) is 0.468. The Morgan fingerprint density at radius 3 is 2.50 bits per heavy atom. The summed E-state index contributed by atoms with van der Waals surface area (Å²) in [5.41, 5.74) is 2.70. The van der Waals surface area contributed by atoms with Gasteiger partial charge in [-0.15, -0.1) is 0 Å². The third-order valence-corrected chi connectivity index (χ3v) is 7.38. The van der Waals surface area contributed by atoms with E-state index in [0.717, 1.165) is 16.7 Å². The van der Waals surface area contributed by atoms with Gasteiger partial charge in [0.1, 0.15) is 21.7 Å². The number of sulfone groups is 1. The second kappa shape index (κ2) is 7.99. The Hall–Kier alpha value is -3.30. The second-order valence-corrected chi connectivity index (χ2v) is 9.76. The minimum atomic E-state index is -4.05. The maximum atomic E-state index is 13.5. The SMILES string of the molecule is COCCn1c(=N)c(S(=O)(=O)c2ccc(C)c(C)c2)cc2c(=O)n3cc(C)ccc3nc21. The Morgan fingerprint density at radius 1 is 1.06 bits per heavy atom. The third-order valence-electron chi connectivity index (χ3n) is 5.62. The third kappa shape index (κ3) is 3.53. The molecular formula is C23H24N4O4S. The molecular weight excluding hydrogens is 428 g/mol. The molecule has 4 aromatic rings. The van der Waals surface area contributed by atoms with Crippen LogP contribution < -0.4 is 11.0 Å². The van der Waals surface area contributed by atoms with Crippen molar-refractivity contribution < 1.29 is 13.2 Å². The summed E-state index contributed by atoms with van der Waals surface area (Å²) in [5, 5.41) is 8.83. The van der Waals surface area contributed by atoms with E-state index in [1.807, 2.05) is 26.8 Å². The van der Waals surface area contributed by atoms with Crippen molar-refractivity contribution in [3.8, 4) is 0 Å². The molecule has 166 valence electrons. The summed E-state index contributed by atoms with van der Waals surface area (Å²) >= 11 is 0. The maximum absolute atomic E-state index is 13.5. The first-order valence-corrected chi connectivity index (χ1v) is 11.6. The van der Waals surface area contributed by atoms with Crippen LogP contribution in [0.3, 0.4) is 0 Å². The van der Waals surface area contributed by atoms with Crippen molar-refractivity contribution in [2.45, 2.75) is 37.1 Å². The molecule has 0 unspecified atom stereocenters. The van der Waals surface area contributed by atoms with Crippen LogP contribution in [0.15, 0.2) is 57.2 Å². The summed E-state index contributed by atoms with van der Waals surface area (Å²) in [6.45, 7) is 6.00. The minimum absolute atomic E-state index is 0.0800. The molecule has 0 bridgehead atoms. The van der Waals surface area contributed by atoms with Gasteiger partial charge in [-0.05, 0) is 61.7 Å². The van der Waals surface area contributed by atoms with E-state index >= 15 is 0 Å². The van der Waals surface area contributed by atoms with Crippen molar-refractivity contribution in [2.24, 2.45) is 0 Å². The smallest absolute Gasteiger partial charge is 0.267 e. The molecule has 0 fully saturated rings. The van der Waals surface area contributed by atoms with Crippen LogP contribution in [-0.4, -0.2) is 36.1 Å². The molecule has 1 N–H and O–H groups in total. The summed E-state index contributed by atoms with van der Waals surface area (Å²) in [6.07, 6.45) is 1.66. The van der Waals surface area contributed by atoms with E-state index in [2.05, 4.69) is 4.98 Å². The molecule has 32 heavy (non-hydrogen) atoms. The first-order valence-electron chi connectivity index (χ1n) is 10.1. The zero-order valence-electron chi connectivity index (χ0n) is 18.3. The van der Waals surface area contributed by atoms with Crippen molar-refractivity contribution in [3.63, 3.8) is 0 Å². The lowest BCUT2D eigenvalue weighted by molar-refractivity contribution is 0.186. The van der Waals surface area contributed by atoms with E-state index in [1.165, 1.54) is 28.2 Å². The lowest BCUT2D eigenvalue weighted by atomic mass is 10.1. The summed E-state index contributed by atoms with van der Waals surface area (Å²) in [6, 6.07) is 9.68. The van der Waals surface area contributed by atoms with E-state index in [9.17, 15) is 13.2 Å². The standard InChI is InChI=1S/C23H24N4O4S/c1-14-5-8-20-25-22-18(23(28)27(20)13-14)12-19(21(24)26(22)9-10-31-4)32(29,30)17-7-6-15(2)16(3)11-17/h5-8,11-13,24H,9-10H2,1-4H3. The van der Waals surface area contributed by atoms with Gasteiger partial charge in [-0.3, -0.25) is 14.6 Å². The minimum Gasteiger partial charge on any atom is -0.383 e. The molecule has 0 amide bonds. The van der Waals surface area contributed by atoms with E-state index in [0.29, 0.717) is 5.65 Å². The fourth-order valence-electron chi connectivity index (χ4n) is 3.63. The van der Waals surface area contributed by atoms with Crippen molar-refractivity contribution in [2.75, 3.05) is 13.7 Å². The summed E-state index contributed by atoms with van der Waals surface area (Å²) in [7, 11) is -2.53. The molecule has 3 aromatic heterocycles. The Balaban J connectivity index is 2.11. The van der Waals surface area contributed by atoms with Crippen LogP contribution in [0.1, 0.15) is 16.7 Å². The van der Waals surface area contributed by atoms with Crippen LogP contribution in [0, 0.1) is 26.2 Å². The van der Waals surface area contributed by atoms with Crippen LogP contribution in [-0.2, 0) is 21.1 Å². The fourth-order valence-corrected chi connectivity index (χ4v) is 5.10. The van der Waals surface area contributed by atoms with Gasteiger partial charge in [-0.25, -0.2) is 13.4 Å². The molecule has 0 saturated carbocycles. The average Bonchev–Trinajstić information content (AvgIpc) is 2.75. The highest BCUT2D eigenvalue weighted by Gasteiger charge is 2.24. The molecule has 0 saturated heterocycles. The summed E-state index contributed by atoms with van der Waals surface area (Å²) < 4.78 is 35.0. The number of nitrogens with one attached hydrogen (secondary N) is 1. The molecule has 8 nitrogen and oxygen atoms in total. The molecule has 0 atom stereocenters. The van der Waals surface area contributed by atoms with Crippen molar-refractivity contribution in [1.82, 2.24) is 14.0 Å². The van der Waals surface area contributed by atoms with E-state index in [4.69, 9.17) is 10.1 Å². The number of ether oxygens (including phenoxy) is 1. The first-order chi connectivity index (χ1) is 15.1. The van der Waals surface area contributed by atoms with Gasteiger partial charge in [0, 0.05) is 19.9 Å². The molecule has 1 aromatic carbocycles. The van der Waals surface area contributed by atoms with Gasteiger partial charge in [-0.2, -0.15) is 0 Å².